The summed E-state index contributed by atoms with van der Waals surface area (Å²) < 4.78 is 0. The first-order valence-electron chi connectivity index (χ1n) is 7.81. The van der Waals surface area contributed by atoms with E-state index in [2.05, 4.69) is 36.6 Å². The predicted octanol–water partition coefficient (Wildman–Crippen LogP) is 1.81. The van der Waals surface area contributed by atoms with Crippen molar-refractivity contribution >= 4 is 23.7 Å². The lowest BCUT2D eigenvalue weighted by Crippen LogP contribution is -2.27. The number of hydrogen-bond donors (Lipinski definition) is 3. The third-order valence-corrected chi connectivity index (χ3v) is 3.90. The Morgan fingerprint density at radius 2 is 2.13 bits per heavy atom. The van der Waals surface area contributed by atoms with Crippen molar-refractivity contribution in [3.05, 3.63) is 29.3 Å². The van der Waals surface area contributed by atoms with E-state index in [0.717, 1.165) is 5.56 Å². The van der Waals surface area contributed by atoms with Gasteiger partial charge in [-0.3, -0.25) is 9.59 Å². The molecule has 0 bridgehead atoms. The predicted molar refractivity (Wildman–Crippen MR) is 91.2 cm³/mol. The number of nitrogens with zero attached hydrogens (tertiary/aromatic N) is 1. The van der Waals surface area contributed by atoms with Crippen molar-refractivity contribution in [1.82, 2.24) is 10.7 Å². The maximum atomic E-state index is 12.3. The molecule has 0 spiro atoms. The van der Waals surface area contributed by atoms with Crippen LogP contribution in [0.25, 0.3) is 0 Å². The summed E-state index contributed by atoms with van der Waals surface area (Å²) in [6.45, 7) is 6.69. The smallest absolute Gasteiger partial charge is 0.253 e. The van der Waals surface area contributed by atoms with Crippen molar-refractivity contribution in [3.8, 4) is 0 Å². The fraction of sp³-hybridized carbons (Fsp3) is 0.471. The first kappa shape index (κ1) is 17.0. The monoisotopic (exact) mass is 316 g/mol. The van der Waals surface area contributed by atoms with Crippen LogP contribution >= 0.6 is 0 Å². The highest BCUT2D eigenvalue weighted by Crippen LogP contribution is 2.29. The van der Waals surface area contributed by atoms with E-state index in [1.54, 1.807) is 12.3 Å². The average Bonchev–Trinajstić information content (AvgIpc) is 2.87. The van der Waals surface area contributed by atoms with Crippen molar-refractivity contribution in [2.75, 3.05) is 12.3 Å². The van der Waals surface area contributed by atoms with Gasteiger partial charge in [-0.25, -0.2) is 5.43 Å². The van der Waals surface area contributed by atoms with Gasteiger partial charge in [0.25, 0.3) is 5.91 Å². The minimum atomic E-state index is -0.193. The molecule has 0 radical (unpaired) electrons. The van der Waals surface area contributed by atoms with Crippen molar-refractivity contribution < 1.29 is 9.59 Å². The highest BCUT2D eigenvalue weighted by Gasteiger charge is 2.22. The number of nitrogen functional groups attached to an aromatic ring is 1. The number of rotatable bonds is 5. The minimum Gasteiger partial charge on any atom is -0.398 e. The Morgan fingerprint density at radius 3 is 2.74 bits per heavy atom. The van der Waals surface area contributed by atoms with E-state index in [4.69, 9.17) is 5.73 Å². The lowest BCUT2D eigenvalue weighted by Gasteiger charge is -2.22. The number of nitrogens with one attached hydrogen (secondary N) is 2. The standard InChI is InChI=1S/C17H24N4O2/c1-17(2,3)13-8-4-7-12(14(13)18)16(23)19-9-5-6-11-10-20-21-15(11)22/h4,7-8,10-11H,5-6,9,18H2,1-3H3,(H,19,23)(H,21,22). The largest absolute Gasteiger partial charge is 0.398 e. The van der Waals surface area contributed by atoms with E-state index >= 15 is 0 Å². The highest BCUT2D eigenvalue weighted by atomic mass is 16.2. The lowest BCUT2D eigenvalue weighted by atomic mass is 9.84. The molecule has 4 N–H and O–H groups in total. The summed E-state index contributed by atoms with van der Waals surface area (Å²) in [5, 5.41) is 6.59. The van der Waals surface area contributed by atoms with Crippen molar-refractivity contribution in [1.29, 1.82) is 0 Å². The number of hydrogen-bond acceptors (Lipinski definition) is 4. The normalized spacial score (nSPS) is 17.2. The Balaban J connectivity index is 1.91. The molecule has 2 rings (SSSR count). The van der Waals surface area contributed by atoms with Crippen LogP contribution in [0.15, 0.2) is 23.3 Å². The van der Waals surface area contributed by atoms with Crippen LogP contribution in [-0.4, -0.2) is 24.6 Å². The van der Waals surface area contributed by atoms with Crippen LogP contribution in [0.3, 0.4) is 0 Å². The molecule has 1 atom stereocenters. The summed E-state index contributed by atoms with van der Waals surface area (Å²) in [6, 6.07) is 5.53. The average molecular weight is 316 g/mol. The van der Waals surface area contributed by atoms with E-state index < -0.39 is 0 Å². The Morgan fingerprint density at radius 1 is 1.39 bits per heavy atom. The summed E-state index contributed by atoms with van der Waals surface area (Å²) in [5.74, 6) is -0.460. The Hall–Kier alpha value is -2.37. The van der Waals surface area contributed by atoms with Gasteiger partial charge in [0.15, 0.2) is 0 Å². The van der Waals surface area contributed by atoms with Gasteiger partial charge in [-0.1, -0.05) is 32.9 Å². The summed E-state index contributed by atoms with van der Waals surface area (Å²) >= 11 is 0. The summed E-state index contributed by atoms with van der Waals surface area (Å²) in [7, 11) is 0. The van der Waals surface area contributed by atoms with Crippen LogP contribution in [0.1, 0.15) is 49.5 Å². The molecule has 0 aliphatic carbocycles. The topological polar surface area (TPSA) is 96.6 Å². The molecule has 23 heavy (non-hydrogen) atoms. The number of nitrogens with two attached hydrogens (primary N) is 1. The quantitative estimate of drug-likeness (QED) is 0.571. The Kier molecular flexibility index (Phi) is 5.03. The summed E-state index contributed by atoms with van der Waals surface area (Å²) in [5.41, 5.74) is 10.4. The number of carbonyl (C=O) groups is 2. The van der Waals surface area contributed by atoms with Gasteiger partial charge in [-0.2, -0.15) is 5.10 Å². The molecule has 0 fully saturated rings. The van der Waals surface area contributed by atoms with Crippen LogP contribution < -0.4 is 16.5 Å². The van der Waals surface area contributed by atoms with E-state index in [9.17, 15) is 9.59 Å². The van der Waals surface area contributed by atoms with E-state index in [1.165, 1.54) is 0 Å². The van der Waals surface area contributed by atoms with Gasteiger partial charge in [0.05, 0.1) is 11.5 Å². The SMILES string of the molecule is CC(C)(C)c1cccc(C(=O)NCCCC2C=NNC2=O)c1N. The molecule has 124 valence electrons. The fourth-order valence-corrected chi connectivity index (χ4v) is 2.58. The summed E-state index contributed by atoms with van der Waals surface area (Å²) in [4.78, 5) is 23.7. The van der Waals surface area contributed by atoms with Gasteiger partial charge in [-0.05, 0) is 29.9 Å². The number of amides is 2. The van der Waals surface area contributed by atoms with E-state index in [0.29, 0.717) is 30.6 Å². The fourth-order valence-electron chi connectivity index (χ4n) is 2.58. The molecular weight excluding hydrogens is 292 g/mol. The van der Waals surface area contributed by atoms with E-state index in [-0.39, 0.29) is 23.1 Å². The molecule has 0 aromatic heterocycles. The number of anilines is 1. The molecule has 6 heteroatoms. The first-order valence-corrected chi connectivity index (χ1v) is 7.81. The molecule has 0 saturated heterocycles. The Bertz CT molecular complexity index is 632. The lowest BCUT2D eigenvalue weighted by molar-refractivity contribution is -0.122. The molecule has 1 heterocycles. The van der Waals surface area contributed by atoms with Gasteiger partial charge in [0.1, 0.15) is 0 Å². The van der Waals surface area contributed by atoms with Crippen molar-refractivity contribution in [2.24, 2.45) is 11.0 Å². The van der Waals surface area contributed by atoms with Crippen molar-refractivity contribution in [2.45, 2.75) is 39.0 Å². The molecule has 1 aromatic rings. The molecule has 1 unspecified atom stereocenters. The van der Waals surface area contributed by atoms with Crippen LogP contribution in [0, 0.1) is 5.92 Å². The zero-order valence-electron chi connectivity index (χ0n) is 13.8. The van der Waals surface area contributed by atoms with Gasteiger partial charge in [0.2, 0.25) is 5.91 Å². The summed E-state index contributed by atoms with van der Waals surface area (Å²) in [6.07, 6.45) is 2.97. The maximum Gasteiger partial charge on any atom is 0.253 e. The van der Waals surface area contributed by atoms with Gasteiger partial charge in [-0.15, -0.1) is 0 Å². The van der Waals surface area contributed by atoms with Crippen LogP contribution in [-0.2, 0) is 10.2 Å². The molecule has 2 amide bonds. The number of para-hydroxylation sites is 1. The van der Waals surface area contributed by atoms with Crippen LogP contribution in [0.2, 0.25) is 0 Å². The van der Waals surface area contributed by atoms with Gasteiger partial charge >= 0.3 is 0 Å². The van der Waals surface area contributed by atoms with Gasteiger partial charge in [0, 0.05) is 18.4 Å². The third kappa shape index (κ3) is 4.09. The van der Waals surface area contributed by atoms with Crippen molar-refractivity contribution in [3.63, 3.8) is 0 Å². The van der Waals surface area contributed by atoms with Crippen LogP contribution in [0.5, 0.6) is 0 Å². The number of benzene rings is 1. The molecule has 1 aliphatic heterocycles. The maximum absolute atomic E-state index is 12.3. The Labute approximate surface area is 136 Å². The molecule has 1 aliphatic rings. The zero-order chi connectivity index (χ0) is 17.0. The van der Waals surface area contributed by atoms with E-state index in [1.807, 2.05) is 12.1 Å². The second kappa shape index (κ2) is 6.81. The molecule has 6 nitrogen and oxygen atoms in total. The molecular formula is C17H24N4O2. The molecule has 0 saturated carbocycles. The zero-order valence-corrected chi connectivity index (χ0v) is 13.8. The second-order valence-electron chi connectivity index (χ2n) is 6.78. The minimum absolute atomic E-state index is 0.0848. The van der Waals surface area contributed by atoms with Gasteiger partial charge < -0.3 is 11.1 Å². The number of hydrazone groups is 1. The molecule has 1 aromatic carbocycles. The third-order valence-electron chi connectivity index (χ3n) is 3.90. The second-order valence-corrected chi connectivity index (χ2v) is 6.78. The first-order chi connectivity index (χ1) is 10.8. The van der Waals surface area contributed by atoms with Crippen LogP contribution in [0.4, 0.5) is 5.69 Å². The highest BCUT2D eigenvalue weighted by molar-refractivity contribution is 6.00. The number of carbonyl (C=O) groups excluding carboxylic acids is 2.